The van der Waals surface area contributed by atoms with Gasteiger partial charge in [0.05, 0.1) is 10.5 Å². The molecule has 1 aromatic carbocycles. The molecular formula is C15H18N2O6. The molecule has 0 radical (unpaired) electrons. The van der Waals surface area contributed by atoms with E-state index >= 15 is 0 Å². The third kappa shape index (κ3) is 3.84. The summed E-state index contributed by atoms with van der Waals surface area (Å²) in [5, 5.41) is 22.3. The van der Waals surface area contributed by atoms with Crippen LogP contribution in [-0.2, 0) is 19.9 Å². The number of non-ortho nitro benzene ring substituents is 1. The highest BCUT2D eigenvalue weighted by molar-refractivity contribution is 5.83. The molecule has 0 spiro atoms. The van der Waals surface area contributed by atoms with Crippen LogP contribution in [-0.4, -0.2) is 34.1 Å². The fourth-order valence-electron chi connectivity index (χ4n) is 2.47. The van der Waals surface area contributed by atoms with Crippen molar-refractivity contribution >= 4 is 17.6 Å². The van der Waals surface area contributed by atoms with Crippen LogP contribution in [0.15, 0.2) is 24.3 Å². The summed E-state index contributed by atoms with van der Waals surface area (Å²) in [4.78, 5) is 33.3. The van der Waals surface area contributed by atoms with Gasteiger partial charge < -0.3 is 15.2 Å². The molecule has 1 fully saturated rings. The lowest BCUT2D eigenvalue weighted by Crippen LogP contribution is -2.46. The molecule has 8 nitrogen and oxygen atoms in total. The highest BCUT2D eigenvalue weighted by atomic mass is 16.6. The van der Waals surface area contributed by atoms with E-state index in [1.807, 2.05) is 0 Å². The first-order valence-corrected chi connectivity index (χ1v) is 7.16. The average Bonchev–Trinajstić information content (AvgIpc) is 2.97. The number of nitrogens with one attached hydrogen (secondary N) is 1. The van der Waals surface area contributed by atoms with Crippen LogP contribution < -0.4 is 5.32 Å². The fraction of sp³-hybridized carbons (Fsp3) is 0.467. The number of nitro groups is 1. The lowest BCUT2D eigenvalue weighted by Gasteiger charge is -2.28. The molecule has 1 heterocycles. The minimum atomic E-state index is -1.07. The molecule has 1 aromatic rings. The summed E-state index contributed by atoms with van der Waals surface area (Å²) in [5.74, 6) is -1.47. The Kier molecular flexibility index (Phi) is 4.65. The average molecular weight is 322 g/mol. The minimum absolute atomic E-state index is 0.0284. The van der Waals surface area contributed by atoms with E-state index in [1.54, 1.807) is 26.0 Å². The Morgan fingerprint density at radius 2 is 1.83 bits per heavy atom. The van der Waals surface area contributed by atoms with Crippen molar-refractivity contribution in [1.29, 1.82) is 0 Å². The second kappa shape index (κ2) is 6.33. The van der Waals surface area contributed by atoms with Gasteiger partial charge in [-0.05, 0) is 44.4 Å². The van der Waals surface area contributed by atoms with Crippen LogP contribution in [0.3, 0.4) is 0 Å². The van der Waals surface area contributed by atoms with Gasteiger partial charge in [-0.15, -0.1) is 0 Å². The molecule has 0 saturated carbocycles. The lowest BCUT2D eigenvalue weighted by molar-refractivity contribution is -0.384. The molecule has 2 N–H and O–H groups in total. The SMILES string of the molecule is CC(C)(NC(=O)[C@@H]1CC[C@H](C(=O)O)O1)c1ccc([N+](=O)[O-])cc1. The van der Waals surface area contributed by atoms with Crippen LogP contribution in [0.25, 0.3) is 0 Å². The zero-order valence-electron chi connectivity index (χ0n) is 12.8. The van der Waals surface area contributed by atoms with Crippen molar-refractivity contribution in [2.75, 3.05) is 0 Å². The predicted octanol–water partition coefficient (Wildman–Crippen LogP) is 1.58. The summed E-state index contributed by atoms with van der Waals surface area (Å²) < 4.78 is 5.22. The number of ether oxygens (including phenoxy) is 1. The first-order chi connectivity index (χ1) is 10.7. The van der Waals surface area contributed by atoms with E-state index in [9.17, 15) is 19.7 Å². The quantitative estimate of drug-likeness (QED) is 0.627. The van der Waals surface area contributed by atoms with Crippen molar-refractivity contribution in [3.05, 3.63) is 39.9 Å². The molecule has 1 aliphatic rings. The molecule has 1 aliphatic heterocycles. The molecule has 2 atom stereocenters. The monoisotopic (exact) mass is 322 g/mol. The van der Waals surface area contributed by atoms with Crippen LogP contribution in [0.4, 0.5) is 5.69 Å². The van der Waals surface area contributed by atoms with E-state index in [-0.39, 0.29) is 5.69 Å². The van der Waals surface area contributed by atoms with Crippen LogP contribution in [0.5, 0.6) is 0 Å². The van der Waals surface area contributed by atoms with Gasteiger partial charge in [-0.1, -0.05) is 0 Å². The summed E-state index contributed by atoms with van der Waals surface area (Å²) >= 11 is 0. The number of carbonyl (C=O) groups is 2. The molecule has 0 bridgehead atoms. The Balaban J connectivity index is 2.04. The highest BCUT2D eigenvalue weighted by Crippen LogP contribution is 2.25. The Morgan fingerprint density at radius 3 is 2.30 bits per heavy atom. The predicted molar refractivity (Wildman–Crippen MR) is 79.8 cm³/mol. The first-order valence-electron chi connectivity index (χ1n) is 7.16. The first kappa shape index (κ1) is 16.9. The Bertz CT molecular complexity index is 625. The van der Waals surface area contributed by atoms with Crippen molar-refractivity contribution in [3.63, 3.8) is 0 Å². The second-order valence-corrected chi connectivity index (χ2v) is 5.95. The molecule has 0 aromatic heterocycles. The van der Waals surface area contributed by atoms with E-state index in [0.29, 0.717) is 18.4 Å². The maximum absolute atomic E-state index is 12.2. The molecule has 1 saturated heterocycles. The maximum Gasteiger partial charge on any atom is 0.332 e. The molecule has 1 amide bonds. The number of nitro benzene ring substituents is 1. The number of benzene rings is 1. The largest absolute Gasteiger partial charge is 0.479 e. The van der Waals surface area contributed by atoms with Crippen LogP contribution >= 0.6 is 0 Å². The summed E-state index contributed by atoms with van der Waals surface area (Å²) in [6.45, 7) is 3.52. The molecule has 2 rings (SSSR count). The van der Waals surface area contributed by atoms with Gasteiger partial charge in [-0.25, -0.2) is 4.79 Å². The Labute approximate surface area is 132 Å². The smallest absolute Gasteiger partial charge is 0.332 e. The van der Waals surface area contributed by atoms with Crippen molar-refractivity contribution in [2.45, 2.75) is 44.4 Å². The number of carboxylic acids is 1. The van der Waals surface area contributed by atoms with Gasteiger partial charge in [-0.2, -0.15) is 0 Å². The van der Waals surface area contributed by atoms with Gasteiger partial charge in [0.2, 0.25) is 5.91 Å². The lowest BCUT2D eigenvalue weighted by atomic mass is 9.93. The molecule has 0 aliphatic carbocycles. The molecular weight excluding hydrogens is 304 g/mol. The van der Waals surface area contributed by atoms with Gasteiger partial charge >= 0.3 is 5.97 Å². The molecule has 124 valence electrons. The number of aliphatic carboxylic acids is 1. The number of carboxylic acid groups (broad SMARTS) is 1. The number of hydrogen-bond donors (Lipinski definition) is 2. The molecule has 0 unspecified atom stereocenters. The van der Waals surface area contributed by atoms with E-state index in [2.05, 4.69) is 5.32 Å². The molecule has 23 heavy (non-hydrogen) atoms. The van der Waals surface area contributed by atoms with Crippen LogP contribution in [0.2, 0.25) is 0 Å². The minimum Gasteiger partial charge on any atom is -0.479 e. The van der Waals surface area contributed by atoms with Gasteiger partial charge in [0.15, 0.2) is 6.10 Å². The summed E-state index contributed by atoms with van der Waals surface area (Å²) in [5.41, 5.74) is -0.0970. The number of nitrogens with zero attached hydrogens (tertiary/aromatic N) is 1. The standard InChI is InChI=1S/C15H18N2O6/c1-15(2,9-3-5-10(6-4-9)17(21)22)16-13(18)11-7-8-12(23-11)14(19)20/h3-6,11-12H,7-8H2,1-2H3,(H,16,18)(H,19,20)/t11-,12+/m0/s1. The Hall–Kier alpha value is -2.48. The van der Waals surface area contributed by atoms with Crippen molar-refractivity contribution < 1.29 is 24.4 Å². The number of amides is 1. The van der Waals surface area contributed by atoms with Crippen molar-refractivity contribution in [3.8, 4) is 0 Å². The van der Waals surface area contributed by atoms with Crippen LogP contribution in [0.1, 0.15) is 32.3 Å². The normalized spacial score (nSPS) is 21.0. The highest BCUT2D eigenvalue weighted by Gasteiger charge is 2.36. The van der Waals surface area contributed by atoms with Gasteiger partial charge in [-0.3, -0.25) is 14.9 Å². The fourth-order valence-corrected chi connectivity index (χ4v) is 2.47. The Morgan fingerprint density at radius 1 is 1.26 bits per heavy atom. The third-order valence-corrected chi connectivity index (χ3v) is 3.82. The zero-order chi connectivity index (χ0) is 17.2. The molecule has 8 heteroatoms. The van der Waals surface area contributed by atoms with Crippen molar-refractivity contribution in [1.82, 2.24) is 5.32 Å². The maximum atomic E-state index is 12.2. The van der Waals surface area contributed by atoms with E-state index < -0.39 is 34.5 Å². The second-order valence-electron chi connectivity index (χ2n) is 5.95. The van der Waals surface area contributed by atoms with Gasteiger partial charge in [0, 0.05) is 12.1 Å². The third-order valence-electron chi connectivity index (χ3n) is 3.82. The summed E-state index contributed by atoms with van der Waals surface area (Å²) in [6, 6.07) is 5.90. The number of rotatable bonds is 5. The number of hydrogen-bond acceptors (Lipinski definition) is 5. The zero-order valence-corrected chi connectivity index (χ0v) is 12.8. The van der Waals surface area contributed by atoms with Crippen LogP contribution in [0, 0.1) is 10.1 Å². The van der Waals surface area contributed by atoms with Crippen molar-refractivity contribution in [2.24, 2.45) is 0 Å². The van der Waals surface area contributed by atoms with E-state index in [1.165, 1.54) is 12.1 Å². The van der Waals surface area contributed by atoms with E-state index in [0.717, 1.165) is 0 Å². The number of carbonyl (C=O) groups excluding carboxylic acids is 1. The summed E-state index contributed by atoms with van der Waals surface area (Å²) in [7, 11) is 0. The topological polar surface area (TPSA) is 119 Å². The van der Waals surface area contributed by atoms with Gasteiger partial charge in [0.1, 0.15) is 6.10 Å². The van der Waals surface area contributed by atoms with Gasteiger partial charge in [0.25, 0.3) is 5.69 Å². The van der Waals surface area contributed by atoms with E-state index in [4.69, 9.17) is 9.84 Å². The summed E-state index contributed by atoms with van der Waals surface area (Å²) in [6.07, 6.45) is -1.11.